The van der Waals surface area contributed by atoms with Gasteiger partial charge < -0.3 is 35.7 Å². The van der Waals surface area contributed by atoms with Crippen LogP contribution < -0.4 is 0 Å². The molecule has 0 aliphatic rings. The fraction of sp³-hybridized carbons (Fsp3) is 0.500. The zero-order valence-electron chi connectivity index (χ0n) is 13.6. The molecule has 0 aliphatic carbocycles. The zero-order valence-corrected chi connectivity index (χ0v) is 15.6. The second kappa shape index (κ2) is 11.2. The summed E-state index contributed by atoms with van der Waals surface area (Å²) in [6.45, 7) is -0.629. The van der Waals surface area contributed by atoms with Crippen LogP contribution >= 0.6 is 0 Å². The van der Waals surface area contributed by atoms with E-state index in [0.29, 0.717) is 5.06 Å². The van der Waals surface area contributed by atoms with Crippen LogP contribution in [0.25, 0.3) is 0 Å². The van der Waals surface area contributed by atoms with Crippen molar-refractivity contribution in [3.05, 3.63) is 35.9 Å². The van der Waals surface area contributed by atoms with Gasteiger partial charge in [-0.1, -0.05) is 30.3 Å². The van der Waals surface area contributed by atoms with Gasteiger partial charge in [-0.2, -0.15) is 0 Å². The van der Waals surface area contributed by atoms with E-state index < -0.39 is 36.9 Å². The van der Waals surface area contributed by atoms with Gasteiger partial charge in [0.2, 0.25) is 18.5 Å². The molecule has 0 saturated heterocycles. The molecule has 0 unspecified atom stereocenters. The molecule has 10 nitrogen and oxygen atoms in total. The standard InChI is InChI=1S/C14H21NO9.Na/c16-8-15(24-7-9-4-2-1-3-5-9)6-10(17)11(18)12(19)14(22,23)13(20)21;/h1-5,8,10-13,17-23H,6-7H2;/t10-,11-,12-;/m0./s1. The van der Waals surface area contributed by atoms with Crippen molar-refractivity contribution in [1.82, 2.24) is 5.06 Å². The van der Waals surface area contributed by atoms with Crippen LogP contribution in [0.15, 0.2) is 30.3 Å². The van der Waals surface area contributed by atoms with Crippen molar-refractivity contribution in [2.75, 3.05) is 6.54 Å². The molecule has 0 bridgehead atoms. The third-order valence-corrected chi connectivity index (χ3v) is 3.26. The average Bonchev–Trinajstić information content (AvgIpc) is 2.57. The monoisotopic (exact) mass is 370 g/mol. The number of hydroxylamine groups is 2. The van der Waals surface area contributed by atoms with Crippen molar-refractivity contribution >= 4 is 36.0 Å². The Morgan fingerprint density at radius 3 is 2.12 bits per heavy atom. The van der Waals surface area contributed by atoms with Gasteiger partial charge in [0.05, 0.1) is 6.54 Å². The number of carbonyl (C=O) groups excluding carboxylic acids is 1. The summed E-state index contributed by atoms with van der Waals surface area (Å²) in [5.74, 6) is -3.47. The summed E-state index contributed by atoms with van der Waals surface area (Å²) in [7, 11) is 0. The molecule has 1 radical (unpaired) electrons. The summed E-state index contributed by atoms with van der Waals surface area (Å²) >= 11 is 0. The molecule has 0 spiro atoms. The first-order valence-corrected chi connectivity index (χ1v) is 6.94. The topological polar surface area (TPSA) is 171 Å². The number of aliphatic hydroxyl groups is 7. The molecular formula is C14H21NNaO9. The van der Waals surface area contributed by atoms with Crippen LogP contribution in [-0.4, -0.2) is 114 Å². The maximum absolute atomic E-state index is 10.9. The van der Waals surface area contributed by atoms with E-state index in [-0.39, 0.29) is 42.6 Å². The maximum Gasteiger partial charge on any atom is 0.244 e. The van der Waals surface area contributed by atoms with Crippen LogP contribution in [-0.2, 0) is 16.2 Å². The van der Waals surface area contributed by atoms with Gasteiger partial charge in [-0.3, -0.25) is 9.63 Å². The molecule has 0 fully saturated rings. The van der Waals surface area contributed by atoms with Crippen LogP contribution in [0.3, 0.4) is 0 Å². The van der Waals surface area contributed by atoms with E-state index >= 15 is 0 Å². The molecule has 137 valence electrons. The second-order valence-electron chi connectivity index (χ2n) is 5.12. The van der Waals surface area contributed by atoms with E-state index in [0.717, 1.165) is 5.56 Å². The third-order valence-electron chi connectivity index (χ3n) is 3.26. The van der Waals surface area contributed by atoms with E-state index in [1.807, 2.05) is 0 Å². The molecule has 0 heterocycles. The number of hydrogen-bond acceptors (Lipinski definition) is 9. The minimum Gasteiger partial charge on any atom is -0.388 e. The normalized spacial score (nSPS) is 15.2. The van der Waals surface area contributed by atoms with Crippen LogP contribution in [0.4, 0.5) is 0 Å². The van der Waals surface area contributed by atoms with Crippen LogP contribution in [0.2, 0.25) is 0 Å². The van der Waals surface area contributed by atoms with Crippen LogP contribution in [0.5, 0.6) is 0 Å². The molecule has 0 saturated carbocycles. The van der Waals surface area contributed by atoms with Crippen LogP contribution in [0.1, 0.15) is 5.56 Å². The molecule has 7 N–H and O–H groups in total. The summed E-state index contributed by atoms with van der Waals surface area (Å²) in [6.07, 6.45) is -9.15. The number of nitrogens with zero attached hydrogens (tertiary/aromatic N) is 1. The molecule has 25 heavy (non-hydrogen) atoms. The van der Waals surface area contributed by atoms with E-state index in [2.05, 4.69) is 0 Å². The van der Waals surface area contributed by atoms with Gasteiger partial charge in [-0.15, -0.1) is 0 Å². The number of hydrogen-bond donors (Lipinski definition) is 7. The summed E-state index contributed by atoms with van der Waals surface area (Å²) in [4.78, 5) is 16.0. The Balaban J connectivity index is 0.00000576. The first kappa shape index (κ1) is 24.4. The minimum absolute atomic E-state index is 0. The summed E-state index contributed by atoms with van der Waals surface area (Å²) < 4.78 is 0. The van der Waals surface area contributed by atoms with Gasteiger partial charge >= 0.3 is 0 Å². The largest absolute Gasteiger partial charge is 0.388 e. The molecule has 1 rings (SSSR count). The van der Waals surface area contributed by atoms with Crippen LogP contribution in [0, 0.1) is 0 Å². The van der Waals surface area contributed by atoms with Gasteiger partial charge in [0.15, 0.2) is 0 Å². The molecule has 1 aromatic carbocycles. The van der Waals surface area contributed by atoms with Gasteiger partial charge in [0, 0.05) is 29.6 Å². The molecule has 3 atom stereocenters. The van der Waals surface area contributed by atoms with E-state index in [9.17, 15) is 30.3 Å². The van der Waals surface area contributed by atoms with E-state index in [1.165, 1.54) is 0 Å². The van der Waals surface area contributed by atoms with Crippen molar-refractivity contribution in [3.8, 4) is 0 Å². The molecule has 0 aromatic heterocycles. The second-order valence-corrected chi connectivity index (χ2v) is 5.12. The predicted octanol–water partition coefficient (Wildman–Crippen LogP) is -3.73. The van der Waals surface area contributed by atoms with Gasteiger partial charge in [0.1, 0.15) is 24.9 Å². The molecular weight excluding hydrogens is 349 g/mol. The van der Waals surface area contributed by atoms with E-state index in [4.69, 9.17) is 15.1 Å². The van der Waals surface area contributed by atoms with Gasteiger partial charge in [-0.05, 0) is 5.56 Å². The summed E-state index contributed by atoms with van der Waals surface area (Å²) in [6, 6.07) is 8.75. The minimum atomic E-state index is -3.47. The van der Waals surface area contributed by atoms with Crippen molar-refractivity contribution < 1.29 is 45.4 Å². The molecule has 1 aromatic rings. The van der Waals surface area contributed by atoms with Crippen molar-refractivity contribution in [2.24, 2.45) is 0 Å². The van der Waals surface area contributed by atoms with Crippen molar-refractivity contribution in [1.29, 1.82) is 0 Å². The first-order chi connectivity index (χ1) is 11.2. The number of carbonyl (C=O) groups is 1. The predicted molar refractivity (Wildman–Crippen MR) is 83.2 cm³/mol. The molecule has 1 amide bonds. The summed E-state index contributed by atoms with van der Waals surface area (Å²) in [5.41, 5.74) is 0.729. The fourth-order valence-electron chi connectivity index (χ4n) is 1.76. The molecule has 0 aliphatic heterocycles. The Kier molecular flexibility index (Phi) is 10.9. The number of benzene rings is 1. The zero-order chi connectivity index (χ0) is 18.3. The SMILES string of the molecule is O=CN(C[C@H](O)[C@H](O)[C@H](O)C(O)(O)C(O)O)OCc1ccccc1.[Na]. The van der Waals surface area contributed by atoms with Crippen molar-refractivity contribution in [3.63, 3.8) is 0 Å². The summed E-state index contributed by atoms with van der Waals surface area (Å²) in [5, 5.41) is 65.5. The van der Waals surface area contributed by atoms with Gasteiger partial charge in [0.25, 0.3) is 0 Å². The van der Waals surface area contributed by atoms with Gasteiger partial charge in [-0.25, -0.2) is 5.06 Å². The Morgan fingerprint density at radius 1 is 1.08 bits per heavy atom. The number of aliphatic hydroxyl groups excluding tert-OH is 4. The number of amides is 1. The Bertz CT molecular complexity index is 502. The smallest absolute Gasteiger partial charge is 0.244 e. The Labute approximate surface area is 165 Å². The van der Waals surface area contributed by atoms with E-state index in [1.54, 1.807) is 30.3 Å². The third kappa shape index (κ3) is 7.25. The quantitative estimate of drug-likeness (QED) is 0.0946. The van der Waals surface area contributed by atoms with Crippen molar-refractivity contribution in [2.45, 2.75) is 37.0 Å². The number of rotatable bonds is 10. The average molecular weight is 370 g/mol. The molecule has 11 heteroatoms. The maximum atomic E-state index is 10.9. The first-order valence-electron chi connectivity index (χ1n) is 6.94. The fourth-order valence-corrected chi connectivity index (χ4v) is 1.76. The Hall–Kier alpha value is -0.630. The Morgan fingerprint density at radius 2 is 1.64 bits per heavy atom.